The van der Waals surface area contributed by atoms with Crippen molar-refractivity contribution < 1.29 is 13.2 Å². The summed E-state index contributed by atoms with van der Waals surface area (Å²) in [5.74, 6) is -0.342. The molecule has 4 rings (SSSR count). The quantitative estimate of drug-likeness (QED) is 0.413. The van der Waals surface area contributed by atoms with Crippen LogP contribution < -0.4 is 4.90 Å². The first kappa shape index (κ1) is 21.4. The molecule has 0 spiro atoms. The van der Waals surface area contributed by atoms with Crippen LogP contribution in [0.1, 0.15) is 21.5 Å². The van der Waals surface area contributed by atoms with Crippen LogP contribution in [0.25, 0.3) is 10.2 Å². The normalized spacial score (nSPS) is 11.6. The summed E-state index contributed by atoms with van der Waals surface area (Å²) < 4.78 is 24.8. The molecule has 158 valence electrons. The summed E-state index contributed by atoms with van der Waals surface area (Å²) in [6, 6.07) is 13.3. The molecule has 0 unspecified atom stereocenters. The molecule has 6 nitrogen and oxygen atoms in total. The Balaban J connectivity index is 1.82. The van der Waals surface area contributed by atoms with Gasteiger partial charge in [0.1, 0.15) is 0 Å². The van der Waals surface area contributed by atoms with Crippen molar-refractivity contribution in [3.8, 4) is 0 Å². The lowest BCUT2D eigenvalue weighted by molar-refractivity contribution is 0.0985. The number of rotatable bonds is 5. The number of fused-ring (bicyclic) bond motifs is 1. The van der Waals surface area contributed by atoms with Gasteiger partial charge in [-0.25, -0.2) is 13.4 Å². The number of carbonyl (C=O) groups is 1. The van der Waals surface area contributed by atoms with Gasteiger partial charge < -0.3 is 0 Å². The van der Waals surface area contributed by atoms with Gasteiger partial charge in [-0.2, -0.15) is 0 Å². The fraction of sp³-hybridized carbons (Fsp3) is 0.136. The SMILES string of the molecule is Cc1cc(Cl)cc2sc(N(Cc3ccncc3)C(=O)c3cccc(S(C)(=O)=O)c3)nc12. The number of aryl methyl sites for hydroxylation is 1. The van der Waals surface area contributed by atoms with E-state index in [4.69, 9.17) is 16.6 Å². The highest BCUT2D eigenvalue weighted by Gasteiger charge is 2.23. The molecule has 0 aliphatic heterocycles. The number of sulfone groups is 1. The summed E-state index contributed by atoms with van der Waals surface area (Å²) in [5.41, 5.74) is 2.84. The molecular formula is C22H18ClN3O3S2. The van der Waals surface area contributed by atoms with Gasteiger partial charge in [-0.15, -0.1) is 0 Å². The molecule has 4 aromatic rings. The van der Waals surface area contributed by atoms with E-state index in [9.17, 15) is 13.2 Å². The molecule has 0 aliphatic carbocycles. The lowest BCUT2D eigenvalue weighted by Crippen LogP contribution is -2.30. The number of aromatic nitrogens is 2. The molecule has 2 aromatic carbocycles. The minimum absolute atomic E-state index is 0.0918. The lowest BCUT2D eigenvalue weighted by atomic mass is 10.2. The van der Waals surface area contributed by atoms with Crippen LogP contribution in [0.3, 0.4) is 0 Å². The molecule has 0 atom stereocenters. The van der Waals surface area contributed by atoms with Crippen LogP contribution in [0.15, 0.2) is 65.8 Å². The Morgan fingerprint density at radius 1 is 1.13 bits per heavy atom. The third-order valence-corrected chi connectivity index (χ3v) is 7.07. The van der Waals surface area contributed by atoms with E-state index in [2.05, 4.69) is 4.98 Å². The van der Waals surface area contributed by atoms with Crippen LogP contribution in [0.2, 0.25) is 5.02 Å². The maximum atomic E-state index is 13.5. The summed E-state index contributed by atoms with van der Waals surface area (Å²) in [4.78, 5) is 23.9. The average Bonchev–Trinajstić information content (AvgIpc) is 3.16. The van der Waals surface area contributed by atoms with Gasteiger partial charge in [-0.1, -0.05) is 29.0 Å². The molecule has 31 heavy (non-hydrogen) atoms. The highest BCUT2D eigenvalue weighted by atomic mass is 35.5. The molecule has 0 aliphatic rings. The van der Waals surface area contributed by atoms with Crippen molar-refractivity contribution in [2.24, 2.45) is 0 Å². The number of benzene rings is 2. The Bertz CT molecular complexity index is 1390. The Morgan fingerprint density at radius 2 is 1.87 bits per heavy atom. The number of nitrogens with zero attached hydrogens (tertiary/aromatic N) is 3. The number of amides is 1. The molecule has 1 amide bonds. The molecule has 9 heteroatoms. The minimum atomic E-state index is -3.45. The van der Waals surface area contributed by atoms with Gasteiger partial charge in [0.05, 0.1) is 21.7 Å². The third kappa shape index (κ3) is 4.61. The van der Waals surface area contributed by atoms with Gasteiger partial charge in [-0.05, 0) is 60.5 Å². The third-order valence-electron chi connectivity index (χ3n) is 4.71. The van der Waals surface area contributed by atoms with Gasteiger partial charge in [0.25, 0.3) is 5.91 Å². The smallest absolute Gasteiger partial charge is 0.260 e. The predicted octanol–water partition coefficient (Wildman–Crippen LogP) is 4.90. The van der Waals surface area contributed by atoms with Crippen molar-refractivity contribution in [3.63, 3.8) is 0 Å². The summed E-state index contributed by atoms with van der Waals surface area (Å²) in [7, 11) is -3.45. The maximum Gasteiger partial charge on any atom is 0.260 e. The van der Waals surface area contributed by atoms with Crippen LogP contribution in [-0.2, 0) is 16.4 Å². The molecule has 2 heterocycles. The monoisotopic (exact) mass is 471 g/mol. The van der Waals surface area contributed by atoms with Gasteiger partial charge >= 0.3 is 0 Å². The van der Waals surface area contributed by atoms with Gasteiger partial charge in [-0.3, -0.25) is 14.7 Å². The second-order valence-corrected chi connectivity index (χ2v) is 10.6. The first-order chi connectivity index (χ1) is 14.7. The van der Waals surface area contributed by atoms with Crippen molar-refractivity contribution in [1.29, 1.82) is 0 Å². The van der Waals surface area contributed by atoms with Gasteiger partial charge in [0, 0.05) is 29.2 Å². The largest absolute Gasteiger partial charge is 0.279 e. The van der Waals surface area contributed by atoms with Crippen LogP contribution in [-0.4, -0.2) is 30.5 Å². The molecule has 0 radical (unpaired) electrons. The second-order valence-electron chi connectivity index (χ2n) is 7.11. The van der Waals surface area contributed by atoms with Crippen molar-refractivity contribution in [1.82, 2.24) is 9.97 Å². The fourth-order valence-electron chi connectivity index (χ4n) is 3.17. The van der Waals surface area contributed by atoms with E-state index in [0.29, 0.717) is 10.2 Å². The Hall–Kier alpha value is -2.81. The van der Waals surface area contributed by atoms with Crippen LogP contribution >= 0.6 is 22.9 Å². The van der Waals surface area contributed by atoms with Crippen LogP contribution in [0.4, 0.5) is 5.13 Å². The summed E-state index contributed by atoms with van der Waals surface area (Å²) >= 11 is 7.56. The Labute approximate surface area is 189 Å². The van der Waals surface area contributed by atoms with E-state index in [1.165, 1.54) is 23.5 Å². The highest BCUT2D eigenvalue weighted by Crippen LogP contribution is 2.34. The number of halogens is 1. The predicted molar refractivity (Wildman–Crippen MR) is 124 cm³/mol. The molecule has 0 fully saturated rings. The number of hydrogen-bond donors (Lipinski definition) is 0. The lowest BCUT2D eigenvalue weighted by Gasteiger charge is -2.20. The molecule has 0 bridgehead atoms. The van der Waals surface area contributed by atoms with Gasteiger partial charge in [0.2, 0.25) is 0 Å². The molecule has 0 saturated heterocycles. The maximum absolute atomic E-state index is 13.5. The van der Waals surface area contributed by atoms with E-state index in [1.54, 1.807) is 29.4 Å². The molecule has 2 aromatic heterocycles. The Kier molecular flexibility index (Phi) is 5.79. The first-order valence-corrected chi connectivity index (χ1v) is 12.4. The number of thiazole rings is 1. The standard InChI is InChI=1S/C22H18ClN3O3S2/c1-14-10-17(23)12-19-20(14)25-22(30-19)26(13-15-6-8-24-9-7-15)21(27)16-4-3-5-18(11-16)31(2,28)29/h3-12H,13H2,1-2H3. The van der Waals surface area contributed by atoms with E-state index in [-0.39, 0.29) is 22.9 Å². The van der Waals surface area contributed by atoms with Crippen molar-refractivity contribution in [2.45, 2.75) is 18.4 Å². The zero-order valence-electron chi connectivity index (χ0n) is 16.7. The van der Waals surface area contributed by atoms with Crippen LogP contribution in [0, 0.1) is 6.92 Å². The molecule has 0 saturated carbocycles. The van der Waals surface area contributed by atoms with Crippen molar-refractivity contribution in [2.75, 3.05) is 11.2 Å². The van der Waals surface area contributed by atoms with E-state index < -0.39 is 9.84 Å². The molecular weight excluding hydrogens is 454 g/mol. The highest BCUT2D eigenvalue weighted by molar-refractivity contribution is 7.90. The number of anilines is 1. The van der Waals surface area contributed by atoms with Crippen molar-refractivity contribution in [3.05, 3.63) is 82.6 Å². The zero-order chi connectivity index (χ0) is 22.2. The van der Waals surface area contributed by atoms with E-state index >= 15 is 0 Å². The Morgan fingerprint density at radius 3 is 2.58 bits per heavy atom. The number of pyridine rings is 1. The minimum Gasteiger partial charge on any atom is -0.279 e. The zero-order valence-corrected chi connectivity index (χ0v) is 19.1. The van der Waals surface area contributed by atoms with E-state index in [1.807, 2.05) is 31.2 Å². The summed E-state index contributed by atoms with van der Waals surface area (Å²) in [6.07, 6.45) is 4.43. The number of carbonyl (C=O) groups excluding carboxylic acids is 1. The summed E-state index contributed by atoms with van der Waals surface area (Å²) in [6.45, 7) is 2.18. The topological polar surface area (TPSA) is 80.2 Å². The van der Waals surface area contributed by atoms with Gasteiger partial charge in [0.15, 0.2) is 15.0 Å². The second kappa shape index (κ2) is 8.37. The first-order valence-electron chi connectivity index (χ1n) is 9.30. The number of hydrogen-bond acceptors (Lipinski definition) is 6. The molecule has 0 N–H and O–H groups in total. The average molecular weight is 472 g/mol. The summed E-state index contributed by atoms with van der Waals surface area (Å²) in [5, 5.41) is 1.11. The van der Waals surface area contributed by atoms with Crippen LogP contribution in [0.5, 0.6) is 0 Å². The fourth-order valence-corrected chi connectivity index (χ4v) is 5.26. The van der Waals surface area contributed by atoms with Crippen molar-refractivity contribution >= 4 is 54.0 Å². The van der Waals surface area contributed by atoms with E-state index in [0.717, 1.165) is 27.6 Å².